The summed E-state index contributed by atoms with van der Waals surface area (Å²) >= 11 is 0.950. The van der Waals surface area contributed by atoms with E-state index in [2.05, 4.69) is 24.9 Å². The highest BCUT2D eigenvalue weighted by Gasteiger charge is 2.31. The van der Waals surface area contributed by atoms with Crippen LogP contribution in [0.3, 0.4) is 0 Å². The first-order chi connectivity index (χ1) is 16.0. The molecule has 9 heteroatoms. The number of amides is 1. The highest BCUT2D eigenvalue weighted by atomic mass is 32.2. The van der Waals surface area contributed by atoms with E-state index in [1.54, 1.807) is 36.4 Å². The second-order valence-electron chi connectivity index (χ2n) is 8.01. The molecule has 0 fully saturated rings. The first-order valence-corrected chi connectivity index (χ1v) is 12.9. The Balaban J connectivity index is 1.47. The van der Waals surface area contributed by atoms with E-state index >= 15 is 0 Å². The summed E-state index contributed by atoms with van der Waals surface area (Å²) in [6, 6.07) is 20.5. The summed E-state index contributed by atoms with van der Waals surface area (Å²) in [5.74, 6) is -0.393. The molecule has 5 rings (SSSR count). The van der Waals surface area contributed by atoms with Crippen molar-refractivity contribution in [1.29, 1.82) is 0 Å². The number of nitrogens with zero attached hydrogens (tertiary/aromatic N) is 2. The first-order valence-electron chi connectivity index (χ1n) is 10.7. The number of benzene rings is 3. The van der Waals surface area contributed by atoms with Gasteiger partial charge in [-0.1, -0.05) is 60.7 Å². The maximum Gasteiger partial charge on any atom is 0.243 e. The molecule has 0 radical (unpaired) electrons. The number of aromatic nitrogens is 2. The molecule has 3 aromatic carbocycles. The number of nitrogens with one attached hydrogen (secondary N) is 2. The van der Waals surface area contributed by atoms with Crippen LogP contribution in [0.15, 0.2) is 77.7 Å². The first kappa shape index (κ1) is 21.7. The lowest BCUT2D eigenvalue weighted by atomic mass is 9.87. The van der Waals surface area contributed by atoms with Crippen molar-refractivity contribution in [2.45, 2.75) is 36.2 Å². The van der Waals surface area contributed by atoms with Crippen LogP contribution in [0.1, 0.15) is 41.6 Å². The molecule has 7 nitrogen and oxygen atoms in total. The fourth-order valence-electron chi connectivity index (χ4n) is 4.29. The number of sulfonamides is 1. The zero-order valence-electron chi connectivity index (χ0n) is 17.6. The van der Waals surface area contributed by atoms with Gasteiger partial charge in [0, 0.05) is 0 Å². The van der Waals surface area contributed by atoms with Crippen LogP contribution in [-0.4, -0.2) is 23.1 Å². The lowest BCUT2D eigenvalue weighted by molar-refractivity contribution is -0.123. The standard InChI is InChI=1S/C24H22N4O3S2/c29-24(25-19-13-6-11-16-8-4-5-12-18(16)19)22(17-9-2-1-3-10-17)28-33(30,31)21-15-7-14-20-23(21)27-32-26-20/h1-5,7-10,12,14-15,19,22,28H,6,11,13H2,(H,25,29)/t19-,22-/m1/s1. The SMILES string of the molecule is O=C(N[C@@H]1CCCc2ccccc21)[C@H](NS(=O)(=O)c1cccc2nsnc12)c1ccccc1. The highest BCUT2D eigenvalue weighted by molar-refractivity contribution is 7.89. The van der Waals surface area contributed by atoms with E-state index < -0.39 is 22.0 Å². The predicted octanol–water partition coefficient (Wildman–Crippen LogP) is 3.90. The van der Waals surface area contributed by atoms with Crippen molar-refractivity contribution >= 4 is 38.7 Å². The van der Waals surface area contributed by atoms with Crippen LogP contribution in [0.4, 0.5) is 0 Å². The number of rotatable bonds is 6. The fourth-order valence-corrected chi connectivity index (χ4v) is 6.24. The van der Waals surface area contributed by atoms with E-state index in [0.29, 0.717) is 16.6 Å². The second kappa shape index (κ2) is 9.01. The number of carbonyl (C=O) groups excluding carboxylic acids is 1. The van der Waals surface area contributed by atoms with Crippen molar-refractivity contribution in [3.05, 3.63) is 89.5 Å². The summed E-state index contributed by atoms with van der Waals surface area (Å²) in [6.07, 6.45) is 2.74. The van der Waals surface area contributed by atoms with E-state index in [1.807, 2.05) is 24.3 Å². The Morgan fingerprint density at radius 1 is 0.970 bits per heavy atom. The van der Waals surface area contributed by atoms with Crippen molar-refractivity contribution in [1.82, 2.24) is 18.8 Å². The molecule has 0 saturated heterocycles. The van der Waals surface area contributed by atoms with Gasteiger partial charge in [0.2, 0.25) is 15.9 Å². The highest BCUT2D eigenvalue weighted by Crippen LogP contribution is 2.30. The van der Waals surface area contributed by atoms with Crippen molar-refractivity contribution in [2.75, 3.05) is 0 Å². The van der Waals surface area contributed by atoms with Gasteiger partial charge in [-0.3, -0.25) is 4.79 Å². The van der Waals surface area contributed by atoms with Crippen LogP contribution in [-0.2, 0) is 21.2 Å². The smallest absolute Gasteiger partial charge is 0.243 e. The summed E-state index contributed by atoms with van der Waals surface area (Å²) in [7, 11) is -4.06. The average molecular weight is 479 g/mol. The Kier molecular flexibility index (Phi) is 5.92. The molecular formula is C24H22N4O3S2. The lowest BCUT2D eigenvalue weighted by Gasteiger charge is -2.28. The Bertz CT molecular complexity index is 1400. The summed E-state index contributed by atoms with van der Waals surface area (Å²) < 4.78 is 37.6. The van der Waals surface area contributed by atoms with E-state index in [9.17, 15) is 13.2 Å². The molecule has 33 heavy (non-hydrogen) atoms. The van der Waals surface area contributed by atoms with Crippen molar-refractivity contribution in [3.63, 3.8) is 0 Å². The molecule has 0 spiro atoms. The minimum atomic E-state index is -4.06. The van der Waals surface area contributed by atoms with Gasteiger partial charge in [-0.25, -0.2) is 8.42 Å². The summed E-state index contributed by atoms with van der Waals surface area (Å²) in [4.78, 5) is 13.5. The molecule has 168 valence electrons. The molecule has 4 aromatic rings. The van der Waals surface area contributed by atoms with Crippen LogP contribution in [0.25, 0.3) is 11.0 Å². The van der Waals surface area contributed by atoms with Gasteiger partial charge in [0.1, 0.15) is 22.0 Å². The van der Waals surface area contributed by atoms with E-state index in [-0.39, 0.29) is 10.9 Å². The van der Waals surface area contributed by atoms with Crippen molar-refractivity contribution in [2.24, 2.45) is 0 Å². The molecule has 0 bridgehead atoms. The maximum absolute atomic E-state index is 13.5. The van der Waals surface area contributed by atoms with Crippen molar-refractivity contribution in [3.8, 4) is 0 Å². The van der Waals surface area contributed by atoms with Crippen LogP contribution in [0.5, 0.6) is 0 Å². The Morgan fingerprint density at radius 3 is 2.61 bits per heavy atom. The summed E-state index contributed by atoms with van der Waals surface area (Å²) in [6.45, 7) is 0. The molecule has 1 aliphatic rings. The number of carbonyl (C=O) groups is 1. The molecule has 2 N–H and O–H groups in total. The topological polar surface area (TPSA) is 101 Å². The normalized spacial score (nSPS) is 16.8. The van der Waals surface area contributed by atoms with Gasteiger partial charge in [0.15, 0.2) is 0 Å². The van der Waals surface area contributed by atoms with Gasteiger partial charge in [-0.05, 0) is 48.1 Å². The summed E-state index contributed by atoms with van der Waals surface area (Å²) in [5.41, 5.74) is 3.66. The predicted molar refractivity (Wildman–Crippen MR) is 127 cm³/mol. The van der Waals surface area contributed by atoms with Gasteiger partial charge in [0.25, 0.3) is 0 Å². The molecule has 1 aliphatic carbocycles. The summed E-state index contributed by atoms with van der Waals surface area (Å²) in [5, 5.41) is 3.09. The number of aryl methyl sites for hydroxylation is 1. The monoisotopic (exact) mass is 478 g/mol. The molecule has 1 heterocycles. The van der Waals surface area contributed by atoms with E-state index in [4.69, 9.17) is 0 Å². The Morgan fingerprint density at radius 2 is 1.76 bits per heavy atom. The van der Waals surface area contributed by atoms with E-state index in [0.717, 1.165) is 36.6 Å². The molecule has 2 atom stereocenters. The van der Waals surface area contributed by atoms with Gasteiger partial charge >= 0.3 is 0 Å². The quantitative estimate of drug-likeness (QED) is 0.438. The third kappa shape index (κ3) is 4.39. The zero-order valence-corrected chi connectivity index (χ0v) is 19.3. The Labute approximate surface area is 196 Å². The molecule has 1 amide bonds. The van der Waals surface area contributed by atoms with Crippen molar-refractivity contribution < 1.29 is 13.2 Å². The number of fused-ring (bicyclic) bond motifs is 2. The molecule has 0 saturated carbocycles. The third-order valence-corrected chi connectivity index (χ3v) is 7.89. The molecular weight excluding hydrogens is 456 g/mol. The zero-order chi connectivity index (χ0) is 22.8. The fraction of sp³-hybridized carbons (Fsp3) is 0.208. The van der Waals surface area contributed by atoms with Crippen LogP contribution >= 0.6 is 11.7 Å². The molecule has 1 aromatic heterocycles. The van der Waals surface area contributed by atoms with Gasteiger partial charge in [-0.15, -0.1) is 0 Å². The molecule has 0 unspecified atom stereocenters. The van der Waals surface area contributed by atoms with Gasteiger partial charge < -0.3 is 5.32 Å². The van der Waals surface area contributed by atoms with Crippen LogP contribution in [0, 0.1) is 0 Å². The third-order valence-electron chi connectivity index (χ3n) is 5.89. The maximum atomic E-state index is 13.5. The number of hydrogen-bond acceptors (Lipinski definition) is 6. The number of hydrogen-bond donors (Lipinski definition) is 2. The largest absolute Gasteiger partial charge is 0.348 e. The lowest BCUT2D eigenvalue weighted by Crippen LogP contribution is -2.42. The average Bonchev–Trinajstić information content (AvgIpc) is 3.32. The second-order valence-corrected chi connectivity index (χ2v) is 10.2. The Hall–Kier alpha value is -3.14. The molecule has 0 aliphatic heterocycles. The minimum Gasteiger partial charge on any atom is -0.348 e. The van der Waals surface area contributed by atoms with Crippen LogP contribution in [0.2, 0.25) is 0 Å². The van der Waals surface area contributed by atoms with Gasteiger partial charge in [-0.2, -0.15) is 13.5 Å². The van der Waals surface area contributed by atoms with Crippen LogP contribution < -0.4 is 10.0 Å². The van der Waals surface area contributed by atoms with Gasteiger partial charge in [0.05, 0.1) is 17.8 Å². The minimum absolute atomic E-state index is 0.00509. The van der Waals surface area contributed by atoms with E-state index in [1.165, 1.54) is 11.6 Å².